The minimum atomic E-state index is -0.334. The first kappa shape index (κ1) is 22.2. The van der Waals surface area contributed by atoms with Crippen LogP contribution in [0, 0.1) is 24.6 Å². The van der Waals surface area contributed by atoms with Gasteiger partial charge in [-0.05, 0) is 50.3 Å². The molecule has 0 aromatic heterocycles. The van der Waals surface area contributed by atoms with Crippen LogP contribution in [0.4, 0.5) is 4.39 Å². The molecule has 1 aromatic rings. The third kappa shape index (κ3) is 4.99. The Kier molecular flexibility index (Phi) is 7.10. The fourth-order valence-corrected chi connectivity index (χ4v) is 4.59. The second kappa shape index (κ2) is 9.58. The van der Waals surface area contributed by atoms with Crippen LogP contribution in [0.25, 0.3) is 0 Å². The molecule has 0 bridgehead atoms. The molecule has 0 aliphatic carbocycles. The molecule has 2 saturated heterocycles. The van der Waals surface area contributed by atoms with Crippen molar-refractivity contribution in [2.45, 2.75) is 46.0 Å². The Morgan fingerprint density at radius 2 is 1.87 bits per heavy atom. The van der Waals surface area contributed by atoms with E-state index < -0.39 is 0 Å². The van der Waals surface area contributed by atoms with Crippen LogP contribution in [0.3, 0.4) is 0 Å². The van der Waals surface area contributed by atoms with Crippen LogP contribution in [0.1, 0.15) is 50.2 Å². The van der Waals surface area contributed by atoms with Gasteiger partial charge in [-0.15, -0.1) is 0 Å². The maximum atomic E-state index is 13.7. The smallest absolute Gasteiger partial charge is 0.310 e. The Balaban J connectivity index is 1.75. The maximum Gasteiger partial charge on any atom is 0.310 e. The summed E-state index contributed by atoms with van der Waals surface area (Å²) in [5.74, 6) is -1.24. The summed E-state index contributed by atoms with van der Waals surface area (Å²) in [6.07, 6.45) is 2.09. The Morgan fingerprint density at radius 1 is 1.13 bits per heavy atom. The molecule has 164 valence electrons. The number of piperidine rings is 2. The highest BCUT2D eigenvalue weighted by atomic mass is 19.1. The maximum absolute atomic E-state index is 13.7. The van der Waals surface area contributed by atoms with Gasteiger partial charge in [0.25, 0.3) is 0 Å². The van der Waals surface area contributed by atoms with Gasteiger partial charge in [-0.3, -0.25) is 14.4 Å². The lowest BCUT2D eigenvalue weighted by Crippen LogP contribution is -2.51. The van der Waals surface area contributed by atoms with Gasteiger partial charge in [0.1, 0.15) is 5.82 Å². The number of aryl methyl sites for hydroxylation is 1. The minimum absolute atomic E-state index is 0.0150. The van der Waals surface area contributed by atoms with E-state index in [1.54, 1.807) is 29.7 Å². The third-order valence-electron chi connectivity index (χ3n) is 6.25. The molecule has 2 heterocycles. The van der Waals surface area contributed by atoms with Crippen LogP contribution in [-0.4, -0.2) is 60.4 Å². The highest BCUT2D eigenvalue weighted by Gasteiger charge is 2.38. The largest absolute Gasteiger partial charge is 0.466 e. The molecule has 30 heavy (non-hydrogen) atoms. The van der Waals surface area contributed by atoms with Gasteiger partial charge in [-0.25, -0.2) is 4.39 Å². The van der Waals surface area contributed by atoms with E-state index in [4.69, 9.17) is 4.74 Å². The van der Waals surface area contributed by atoms with E-state index in [-0.39, 0.29) is 41.4 Å². The van der Waals surface area contributed by atoms with E-state index in [2.05, 4.69) is 0 Å². The van der Waals surface area contributed by atoms with Crippen molar-refractivity contribution in [3.05, 3.63) is 35.1 Å². The molecule has 3 atom stereocenters. The van der Waals surface area contributed by atoms with E-state index in [0.717, 1.165) is 18.4 Å². The van der Waals surface area contributed by atoms with Crippen molar-refractivity contribution in [2.75, 3.05) is 32.8 Å². The highest BCUT2D eigenvalue weighted by Crippen LogP contribution is 2.33. The van der Waals surface area contributed by atoms with E-state index in [0.29, 0.717) is 44.8 Å². The predicted molar refractivity (Wildman–Crippen MR) is 110 cm³/mol. The van der Waals surface area contributed by atoms with Gasteiger partial charge in [0, 0.05) is 39.0 Å². The second-order valence-corrected chi connectivity index (χ2v) is 8.44. The molecule has 2 aliphatic heterocycles. The number of hydrogen-bond donors (Lipinski definition) is 0. The molecule has 0 saturated carbocycles. The zero-order chi connectivity index (χ0) is 21.8. The average Bonchev–Trinajstić information content (AvgIpc) is 2.75. The van der Waals surface area contributed by atoms with E-state index >= 15 is 0 Å². The number of esters is 1. The molecule has 2 amide bonds. The lowest BCUT2D eigenvalue weighted by molar-refractivity contribution is -0.152. The Hall–Kier alpha value is -2.44. The topological polar surface area (TPSA) is 66.9 Å². The molecular formula is C23H31FN2O4. The van der Waals surface area contributed by atoms with Crippen LogP contribution >= 0.6 is 0 Å². The van der Waals surface area contributed by atoms with Crippen molar-refractivity contribution in [2.24, 2.45) is 11.8 Å². The van der Waals surface area contributed by atoms with Gasteiger partial charge in [0.05, 0.1) is 18.4 Å². The lowest BCUT2D eigenvalue weighted by atomic mass is 9.83. The van der Waals surface area contributed by atoms with Crippen molar-refractivity contribution in [3.8, 4) is 0 Å². The van der Waals surface area contributed by atoms with Gasteiger partial charge in [-0.2, -0.15) is 0 Å². The Morgan fingerprint density at radius 3 is 2.53 bits per heavy atom. The number of carbonyl (C=O) groups is 3. The minimum Gasteiger partial charge on any atom is -0.466 e. The van der Waals surface area contributed by atoms with Crippen molar-refractivity contribution >= 4 is 17.8 Å². The Bertz CT molecular complexity index is 812. The molecule has 3 rings (SSSR count). The molecule has 0 radical (unpaired) electrons. The highest BCUT2D eigenvalue weighted by molar-refractivity contribution is 5.82. The summed E-state index contributed by atoms with van der Waals surface area (Å²) in [6.45, 7) is 7.23. The first-order valence-corrected chi connectivity index (χ1v) is 10.8. The van der Waals surface area contributed by atoms with Crippen molar-refractivity contribution < 1.29 is 23.5 Å². The summed E-state index contributed by atoms with van der Waals surface area (Å²) >= 11 is 0. The van der Waals surface area contributed by atoms with E-state index in [9.17, 15) is 18.8 Å². The SMILES string of the molecule is CCOC(=O)C1CCCN(C(=O)C2CC(c3ccc(F)c(C)c3)CN(C(C)=O)C2)C1. The normalized spacial score (nSPS) is 24.5. The van der Waals surface area contributed by atoms with Crippen LogP contribution in [0.15, 0.2) is 18.2 Å². The predicted octanol–water partition coefficient (Wildman–Crippen LogP) is 2.89. The standard InChI is InChI=1S/C23H31FN2O4/c1-4-30-23(29)18-6-5-9-25(12-18)22(28)20-11-19(13-26(14-20)16(3)27)17-7-8-21(24)15(2)10-17/h7-8,10,18-20H,4-6,9,11-14H2,1-3H3. The zero-order valence-corrected chi connectivity index (χ0v) is 18.0. The van der Waals surface area contributed by atoms with Crippen LogP contribution in [0.5, 0.6) is 0 Å². The summed E-state index contributed by atoms with van der Waals surface area (Å²) < 4.78 is 18.9. The molecule has 3 unspecified atom stereocenters. The zero-order valence-electron chi connectivity index (χ0n) is 18.0. The first-order valence-electron chi connectivity index (χ1n) is 10.8. The van der Waals surface area contributed by atoms with Crippen molar-refractivity contribution in [3.63, 3.8) is 0 Å². The first-order chi connectivity index (χ1) is 14.3. The molecule has 1 aromatic carbocycles. The van der Waals surface area contributed by atoms with Gasteiger partial charge in [0.2, 0.25) is 11.8 Å². The van der Waals surface area contributed by atoms with Gasteiger partial charge in [0.15, 0.2) is 0 Å². The van der Waals surface area contributed by atoms with Gasteiger partial charge >= 0.3 is 5.97 Å². The van der Waals surface area contributed by atoms with Crippen LogP contribution in [0.2, 0.25) is 0 Å². The number of nitrogens with zero attached hydrogens (tertiary/aromatic N) is 2. The van der Waals surface area contributed by atoms with Crippen molar-refractivity contribution in [1.82, 2.24) is 9.80 Å². The summed E-state index contributed by atoms with van der Waals surface area (Å²) in [6, 6.07) is 5.00. The van der Waals surface area contributed by atoms with E-state index in [1.165, 1.54) is 13.0 Å². The fourth-order valence-electron chi connectivity index (χ4n) is 4.59. The van der Waals surface area contributed by atoms with Gasteiger partial charge in [-0.1, -0.05) is 12.1 Å². The summed E-state index contributed by atoms with van der Waals surface area (Å²) in [5.41, 5.74) is 1.50. The number of rotatable bonds is 4. The second-order valence-electron chi connectivity index (χ2n) is 8.44. The molecule has 7 heteroatoms. The molecule has 0 spiro atoms. The number of halogens is 1. The lowest BCUT2D eigenvalue weighted by Gasteiger charge is -2.40. The summed E-state index contributed by atoms with van der Waals surface area (Å²) in [7, 11) is 0. The number of amides is 2. The van der Waals surface area contributed by atoms with Crippen LogP contribution < -0.4 is 0 Å². The number of hydrogen-bond acceptors (Lipinski definition) is 4. The number of carbonyl (C=O) groups excluding carboxylic acids is 3. The fraction of sp³-hybridized carbons (Fsp3) is 0.609. The molecule has 2 fully saturated rings. The van der Waals surface area contributed by atoms with Crippen molar-refractivity contribution in [1.29, 1.82) is 0 Å². The summed E-state index contributed by atoms with van der Waals surface area (Å²) in [4.78, 5) is 41.1. The molecule has 6 nitrogen and oxygen atoms in total. The molecular weight excluding hydrogens is 387 g/mol. The Labute approximate surface area is 177 Å². The van der Waals surface area contributed by atoms with Gasteiger partial charge < -0.3 is 14.5 Å². The number of ether oxygens (including phenoxy) is 1. The average molecular weight is 419 g/mol. The third-order valence-corrected chi connectivity index (χ3v) is 6.25. The quantitative estimate of drug-likeness (QED) is 0.706. The summed E-state index contributed by atoms with van der Waals surface area (Å²) in [5, 5.41) is 0. The van der Waals surface area contributed by atoms with Crippen LogP contribution in [-0.2, 0) is 19.1 Å². The molecule has 2 aliphatic rings. The van der Waals surface area contributed by atoms with E-state index in [1.807, 2.05) is 6.07 Å². The monoisotopic (exact) mass is 418 g/mol. The molecule has 0 N–H and O–H groups in total. The number of benzene rings is 1. The number of likely N-dealkylation sites (tertiary alicyclic amines) is 2.